The molecule has 4 fully saturated rings. The Labute approximate surface area is 187 Å². The highest BCUT2D eigenvalue weighted by Gasteiger charge is 2.93. The van der Waals surface area contributed by atoms with Crippen LogP contribution in [0.25, 0.3) is 0 Å². The summed E-state index contributed by atoms with van der Waals surface area (Å²) in [6, 6.07) is -0.769. The highest BCUT2D eigenvalue weighted by molar-refractivity contribution is 5.92. The summed E-state index contributed by atoms with van der Waals surface area (Å²) in [6.07, 6.45) is 1.40. The van der Waals surface area contributed by atoms with Crippen LogP contribution < -0.4 is 5.73 Å². The Bertz CT molecular complexity index is 929. The molecule has 8 nitrogen and oxygen atoms in total. The molecule has 6 rings (SSSR count). The van der Waals surface area contributed by atoms with Gasteiger partial charge < -0.3 is 29.8 Å². The summed E-state index contributed by atoms with van der Waals surface area (Å²) >= 11 is 0. The van der Waals surface area contributed by atoms with E-state index >= 15 is 0 Å². The lowest BCUT2D eigenvalue weighted by Gasteiger charge is -2.51. The van der Waals surface area contributed by atoms with Crippen LogP contribution in [0.15, 0.2) is 11.1 Å². The second kappa shape index (κ2) is 6.34. The molecule has 32 heavy (non-hydrogen) atoms. The van der Waals surface area contributed by atoms with Crippen molar-refractivity contribution in [1.29, 1.82) is 0 Å². The van der Waals surface area contributed by atoms with Crippen LogP contribution in [0.3, 0.4) is 0 Å². The second-order valence-electron chi connectivity index (χ2n) is 11.3. The molecule has 3 heterocycles. The van der Waals surface area contributed by atoms with E-state index in [4.69, 9.17) is 24.7 Å². The van der Waals surface area contributed by atoms with Crippen molar-refractivity contribution in [1.82, 2.24) is 0 Å². The minimum absolute atomic E-state index is 0.0788. The molecule has 3 N–H and O–H groups in total. The molecule has 3 aliphatic heterocycles. The van der Waals surface area contributed by atoms with Gasteiger partial charge in [0.2, 0.25) is 0 Å². The number of cyclic esters (lactones) is 1. The number of ether oxygens (including phenoxy) is 4. The number of carbonyl (C=O) groups excluding carboxylic acids is 2. The Hall–Kier alpha value is -1.48. The van der Waals surface area contributed by atoms with Crippen LogP contribution in [0, 0.1) is 23.7 Å². The zero-order chi connectivity index (χ0) is 22.8. The quantitative estimate of drug-likeness (QED) is 0.487. The maximum Gasteiger partial charge on any atom is 0.334 e. The fourth-order valence-electron chi connectivity index (χ4n) is 7.36. The summed E-state index contributed by atoms with van der Waals surface area (Å²) < 4.78 is 24.3. The number of aliphatic hydroxyl groups is 1. The molecule has 9 unspecified atom stereocenters. The molecule has 0 aromatic rings. The second-order valence-corrected chi connectivity index (χ2v) is 11.3. The number of fused-ring (bicyclic) bond motifs is 2. The SMILES string of the molecule is CC(C)C(N)C(=O)OC1C(O)(C(C)C)CC2OC23C2CCC4=C(COC4=O)C2CC2OC213. The zero-order valence-electron chi connectivity index (χ0n) is 19.1. The van der Waals surface area contributed by atoms with E-state index in [0.29, 0.717) is 19.4 Å². The summed E-state index contributed by atoms with van der Waals surface area (Å²) in [7, 11) is 0. The van der Waals surface area contributed by atoms with Gasteiger partial charge in [-0.1, -0.05) is 27.7 Å². The predicted molar refractivity (Wildman–Crippen MR) is 111 cm³/mol. The van der Waals surface area contributed by atoms with Gasteiger partial charge in [0.25, 0.3) is 0 Å². The molecule has 0 amide bonds. The predicted octanol–water partition coefficient (Wildman–Crippen LogP) is 1.23. The molecule has 2 saturated heterocycles. The highest BCUT2D eigenvalue weighted by atomic mass is 16.7. The fourth-order valence-corrected chi connectivity index (χ4v) is 7.36. The molecule has 6 aliphatic rings. The van der Waals surface area contributed by atoms with Gasteiger partial charge in [-0.15, -0.1) is 0 Å². The lowest BCUT2D eigenvalue weighted by atomic mass is 9.52. The molecular weight excluding hydrogens is 414 g/mol. The van der Waals surface area contributed by atoms with Crippen molar-refractivity contribution in [3.63, 3.8) is 0 Å². The van der Waals surface area contributed by atoms with Crippen LogP contribution in [0.1, 0.15) is 53.4 Å². The van der Waals surface area contributed by atoms with Crippen molar-refractivity contribution >= 4 is 11.9 Å². The van der Waals surface area contributed by atoms with Gasteiger partial charge >= 0.3 is 11.9 Å². The van der Waals surface area contributed by atoms with Gasteiger partial charge in [0.05, 0.1) is 12.2 Å². The van der Waals surface area contributed by atoms with Gasteiger partial charge in [-0.05, 0) is 42.6 Å². The molecule has 9 atom stereocenters. The van der Waals surface area contributed by atoms with E-state index in [9.17, 15) is 14.7 Å². The van der Waals surface area contributed by atoms with Gasteiger partial charge in [-0.2, -0.15) is 0 Å². The maximum atomic E-state index is 13.0. The molecule has 3 aliphatic carbocycles. The Morgan fingerprint density at radius 3 is 2.59 bits per heavy atom. The standard InChI is InChI=1S/C24H33NO7/c1-10(2)18(25)20(27)30-21-22(28,11(3)4)8-17-23(32-17)15-6-5-12-14(9-29-19(12)26)13(15)7-16-24(21,23)31-16/h10-11,13,15-18,21,28H,5-9,25H2,1-4H3. The van der Waals surface area contributed by atoms with Crippen molar-refractivity contribution in [3.8, 4) is 0 Å². The van der Waals surface area contributed by atoms with Crippen LogP contribution in [0.2, 0.25) is 0 Å². The van der Waals surface area contributed by atoms with Gasteiger partial charge in [0, 0.05) is 17.9 Å². The first-order valence-electron chi connectivity index (χ1n) is 12.0. The first kappa shape index (κ1) is 21.1. The summed E-state index contributed by atoms with van der Waals surface area (Å²) in [4.78, 5) is 25.1. The molecule has 0 bridgehead atoms. The topological polar surface area (TPSA) is 124 Å². The van der Waals surface area contributed by atoms with Gasteiger partial charge in [0.15, 0.2) is 11.7 Å². The molecule has 0 radical (unpaired) electrons. The first-order chi connectivity index (χ1) is 15.1. The Morgan fingerprint density at radius 1 is 1.19 bits per heavy atom. The molecule has 0 aromatic carbocycles. The summed E-state index contributed by atoms with van der Waals surface area (Å²) in [5.74, 6) is -0.620. The third kappa shape index (κ3) is 2.32. The van der Waals surface area contributed by atoms with Gasteiger partial charge in [-0.25, -0.2) is 4.79 Å². The molecular formula is C24H33NO7. The number of carbonyl (C=O) groups is 2. The summed E-state index contributed by atoms with van der Waals surface area (Å²) in [5.41, 5.74) is 5.32. The van der Waals surface area contributed by atoms with E-state index in [0.717, 1.165) is 24.0 Å². The van der Waals surface area contributed by atoms with Crippen LogP contribution >= 0.6 is 0 Å². The average Bonchev–Trinajstić information content (AvgIpc) is 3.61. The van der Waals surface area contributed by atoms with Crippen molar-refractivity contribution in [2.45, 2.75) is 94.5 Å². The number of hydrogen-bond donors (Lipinski definition) is 2. The monoisotopic (exact) mass is 447 g/mol. The third-order valence-electron chi connectivity index (χ3n) is 9.36. The van der Waals surface area contributed by atoms with Crippen molar-refractivity contribution in [3.05, 3.63) is 11.1 Å². The highest BCUT2D eigenvalue weighted by Crippen LogP contribution is 2.76. The van der Waals surface area contributed by atoms with Gasteiger partial charge in [-0.3, -0.25) is 4.79 Å². The smallest absolute Gasteiger partial charge is 0.334 e. The number of hydrogen-bond acceptors (Lipinski definition) is 8. The number of epoxide rings is 2. The molecule has 8 heteroatoms. The van der Waals surface area contributed by atoms with E-state index in [1.807, 2.05) is 27.7 Å². The van der Waals surface area contributed by atoms with Crippen LogP contribution in [0.5, 0.6) is 0 Å². The molecule has 2 spiro atoms. The van der Waals surface area contributed by atoms with Crippen LogP contribution in [0.4, 0.5) is 0 Å². The average molecular weight is 448 g/mol. The zero-order valence-corrected chi connectivity index (χ0v) is 19.1. The minimum Gasteiger partial charge on any atom is -0.458 e. The Morgan fingerprint density at radius 2 is 1.91 bits per heavy atom. The normalized spacial score (nSPS) is 48.9. The van der Waals surface area contributed by atoms with E-state index in [1.54, 1.807) is 0 Å². The molecule has 176 valence electrons. The molecule has 2 saturated carbocycles. The summed E-state index contributed by atoms with van der Waals surface area (Å²) in [5, 5.41) is 11.8. The number of rotatable bonds is 4. The lowest BCUT2D eigenvalue weighted by molar-refractivity contribution is -0.202. The lowest BCUT2D eigenvalue weighted by Crippen LogP contribution is -2.70. The number of nitrogens with two attached hydrogens (primary N) is 1. The first-order valence-corrected chi connectivity index (χ1v) is 12.0. The van der Waals surface area contributed by atoms with Crippen LogP contribution in [-0.4, -0.2) is 64.8 Å². The van der Waals surface area contributed by atoms with Crippen LogP contribution in [-0.2, 0) is 28.5 Å². The largest absolute Gasteiger partial charge is 0.458 e. The van der Waals surface area contributed by atoms with Crippen molar-refractivity contribution in [2.24, 2.45) is 29.4 Å². The summed E-state index contributed by atoms with van der Waals surface area (Å²) in [6.45, 7) is 7.99. The Kier molecular flexibility index (Phi) is 4.18. The molecule has 0 aromatic heterocycles. The maximum absolute atomic E-state index is 13.0. The number of esters is 2. The Balaban J connectivity index is 1.39. The third-order valence-corrected chi connectivity index (χ3v) is 9.36. The van der Waals surface area contributed by atoms with E-state index < -0.39 is 34.9 Å². The fraction of sp³-hybridized carbons (Fsp3) is 0.833. The van der Waals surface area contributed by atoms with E-state index in [1.165, 1.54) is 0 Å². The van der Waals surface area contributed by atoms with E-state index in [-0.39, 0.29) is 41.8 Å². The van der Waals surface area contributed by atoms with Crippen molar-refractivity contribution < 1.29 is 33.6 Å². The van der Waals surface area contributed by atoms with E-state index in [2.05, 4.69) is 0 Å². The minimum atomic E-state index is -1.26. The van der Waals surface area contributed by atoms with Gasteiger partial charge in [0.1, 0.15) is 23.9 Å². The van der Waals surface area contributed by atoms with Crippen molar-refractivity contribution in [2.75, 3.05) is 6.61 Å².